The Bertz CT molecular complexity index is 1410. The van der Waals surface area contributed by atoms with Crippen LogP contribution in [0.5, 0.6) is 0 Å². The number of benzene rings is 4. The third-order valence-corrected chi connectivity index (χ3v) is 14.4. The molecule has 0 radical (unpaired) electrons. The predicted molar refractivity (Wildman–Crippen MR) is 171 cm³/mol. The number of rotatable bonds is 5. The normalized spacial score (nSPS) is 21.3. The Morgan fingerprint density at radius 2 is 1.03 bits per heavy atom. The molecule has 0 fully saturated rings. The van der Waals surface area contributed by atoms with Crippen molar-refractivity contribution in [1.82, 2.24) is 0 Å². The van der Waals surface area contributed by atoms with Crippen LogP contribution in [-0.4, -0.2) is 0 Å². The highest BCUT2D eigenvalue weighted by molar-refractivity contribution is 7.96. The predicted octanol–water partition coefficient (Wildman–Crippen LogP) is 8.74. The molecule has 196 valence electrons. The maximum atomic E-state index is 2.61. The summed E-state index contributed by atoms with van der Waals surface area (Å²) < 4.78 is 0. The Morgan fingerprint density at radius 1 is 0.538 bits per heavy atom. The lowest BCUT2D eigenvalue weighted by Gasteiger charge is -2.46. The zero-order valence-corrected chi connectivity index (χ0v) is 24.7. The first-order chi connectivity index (χ1) is 18.8. The van der Waals surface area contributed by atoms with Crippen molar-refractivity contribution in [3.63, 3.8) is 0 Å². The Labute approximate surface area is 235 Å². The monoisotopic (exact) mass is 527 g/mol. The van der Waals surface area contributed by atoms with Crippen LogP contribution in [0.15, 0.2) is 133 Å². The van der Waals surface area contributed by atoms with E-state index in [1.807, 2.05) is 0 Å². The smallest absolute Gasteiger partial charge is 0.0796 e. The molecule has 2 aliphatic carbocycles. The maximum absolute atomic E-state index is 2.61. The third kappa shape index (κ3) is 4.08. The molecule has 0 aromatic heterocycles. The molecule has 0 aliphatic heterocycles. The highest BCUT2D eigenvalue weighted by Crippen LogP contribution is 2.73. The maximum Gasteiger partial charge on any atom is 0.140 e. The second kappa shape index (κ2) is 9.76. The zero-order chi connectivity index (χ0) is 27.1. The van der Waals surface area contributed by atoms with Crippen LogP contribution in [-0.2, 0) is 16.0 Å². The average Bonchev–Trinajstić information content (AvgIpc) is 2.98. The summed E-state index contributed by atoms with van der Waals surface area (Å²) in [6.45, 7) is 9.74. The second-order valence-electron chi connectivity index (χ2n) is 12.6. The van der Waals surface area contributed by atoms with E-state index >= 15 is 0 Å². The summed E-state index contributed by atoms with van der Waals surface area (Å²) in [6.07, 6.45) is 12.9. The van der Waals surface area contributed by atoms with E-state index in [-0.39, 0.29) is 16.0 Å². The second-order valence-corrected chi connectivity index (χ2v) is 16.3. The summed E-state index contributed by atoms with van der Waals surface area (Å²) in [5, 5.41) is 4.08. The molecule has 0 nitrogen and oxygen atoms in total. The van der Waals surface area contributed by atoms with Crippen molar-refractivity contribution in [3.8, 4) is 0 Å². The van der Waals surface area contributed by atoms with Crippen LogP contribution in [0.3, 0.4) is 0 Å². The summed E-state index contributed by atoms with van der Waals surface area (Å²) in [4.78, 5) is 0. The van der Waals surface area contributed by atoms with E-state index in [1.54, 1.807) is 0 Å². The van der Waals surface area contributed by atoms with Gasteiger partial charge >= 0.3 is 0 Å². The van der Waals surface area contributed by atoms with Gasteiger partial charge in [-0.25, -0.2) is 0 Å². The van der Waals surface area contributed by atoms with Gasteiger partial charge in [-0.05, 0) is 77.3 Å². The number of hydrogen-bond acceptors (Lipinski definition) is 0. The van der Waals surface area contributed by atoms with Crippen LogP contribution < -0.4 is 15.9 Å². The highest BCUT2D eigenvalue weighted by atomic mass is 31.2. The van der Waals surface area contributed by atoms with Crippen LogP contribution in [0, 0.1) is 0 Å². The van der Waals surface area contributed by atoms with Gasteiger partial charge in [-0.1, -0.05) is 119 Å². The first kappa shape index (κ1) is 26.0. The van der Waals surface area contributed by atoms with Crippen molar-refractivity contribution in [2.45, 2.75) is 62.9 Å². The molecule has 4 aromatic rings. The number of hydrogen-bond donors (Lipinski definition) is 0. The molecule has 0 saturated heterocycles. The van der Waals surface area contributed by atoms with E-state index in [4.69, 9.17) is 0 Å². The van der Waals surface area contributed by atoms with Gasteiger partial charge in [-0.2, -0.15) is 0 Å². The SMILES string of the molecule is CC1(C)CCC(C)(C)c2cc(C3([P+](c4ccccc4)(c4ccccc4)c4ccccc4)C=CC=CC3)ccc21. The molecule has 39 heavy (non-hydrogen) atoms. The van der Waals surface area contributed by atoms with Crippen molar-refractivity contribution in [2.24, 2.45) is 0 Å². The minimum Gasteiger partial charge on any atom is -0.0796 e. The van der Waals surface area contributed by atoms with E-state index < -0.39 is 7.26 Å². The summed E-state index contributed by atoms with van der Waals surface area (Å²) in [6, 6.07) is 41.7. The Balaban J connectivity index is 1.75. The summed E-state index contributed by atoms with van der Waals surface area (Å²) in [5.41, 5.74) is 4.85. The van der Waals surface area contributed by atoms with Crippen molar-refractivity contribution in [3.05, 3.63) is 150 Å². The lowest BCUT2D eigenvalue weighted by atomic mass is 9.62. The van der Waals surface area contributed by atoms with Crippen LogP contribution in [0.25, 0.3) is 0 Å². The van der Waals surface area contributed by atoms with Gasteiger partial charge in [0.25, 0.3) is 0 Å². The zero-order valence-electron chi connectivity index (χ0n) is 23.8. The molecule has 1 unspecified atom stereocenters. The standard InChI is InChI=1S/C38H40P/c1-36(2)27-28-37(3,4)35-29-30(23-24-34(35)36)38(25-15-8-16-26-38)39(31-17-9-5-10-18-31,32-19-11-6-12-20-32)33-21-13-7-14-22-33/h5-25,29H,26-28H2,1-4H3/q+1. The van der Waals surface area contributed by atoms with Crippen molar-refractivity contribution >= 4 is 23.2 Å². The van der Waals surface area contributed by atoms with E-state index in [0.717, 1.165) is 6.42 Å². The lowest BCUT2D eigenvalue weighted by Crippen LogP contribution is -2.45. The minimum absolute atomic E-state index is 0.156. The van der Waals surface area contributed by atoms with Gasteiger partial charge in [0.1, 0.15) is 28.3 Å². The molecule has 4 aromatic carbocycles. The molecule has 0 heterocycles. The molecule has 0 amide bonds. The molecular weight excluding hydrogens is 487 g/mol. The first-order valence-corrected chi connectivity index (χ1v) is 16.2. The highest BCUT2D eigenvalue weighted by Gasteiger charge is 2.62. The minimum atomic E-state index is -2.23. The number of allylic oxidation sites excluding steroid dienone is 4. The topological polar surface area (TPSA) is 0 Å². The van der Waals surface area contributed by atoms with Crippen LogP contribution in [0.1, 0.15) is 63.6 Å². The Hall–Kier alpha value is -3.21. The molecule has 0 N–H and O–H groups in total. The molecule has 2 aliphatic rings. The van der Waals surface area contributed by atoms with Crippen molar-refractivity contribution in [2.75, 3.05) is 0 Å². The third-order valence-electron chi connectivity index (χ3n) is 9.43. The van der Waals surface area contributed by atoms with Crippen LogP contribution in [0.4, 0.5) is 0 Å². The molecule has 0 spiro atoms. The molecule has 0 saturated carbocycles. The van der Waals surface area contributed by atoms with E-state index in [1.165, 1.54) is 45.4 Å². The van der Waals surface area contributed by atoms with Gasteiger partial charge in [0.15, 0.2) is 0 Å². The van der Waals surface area contributed by atoms with Crippen molar-refractivity contribution in [1.29, 1.82) is 0 Å². The van der Waals surface area contributed by atoms with Crippen molar-refractivity contribution < 1.29 is 0 Å². The van der Waals surface area contributed by atoms with Crippen LogP contribution in [0.2, 0.25) is 0 Å². The van der Waals surface area contributed by atoms with Gasteiger partial charge in [0.05, 0.1) is 0 Å². The summed E-state index contributed by atoms with van der Waals surface area (Å²) in [5.74, 6) is 0. The summed E-state index contributed by atoms with van der Waals surface area (Å²) >= 11 is 0. The average molecular weight is 528 g/mol. The molecule has 1 heteroatoms. The van der Waals surface area contributed by atoms with Gasteiger partial charge in [0.2, 0.25) is 0 Å². The molecule has 1 atom stereocenters. The van der Waals surface area contributed by atoms with Gasteiger partial charge in [-0.3, -0.25) is 0 Å². The molecule has 6 rings (SSSR count). The van der Waals surface area contributed by atoms with Crippen LogP contribution >= 0.6 is 7.26 Å². The quantitative estimate of drug-likeness (QED) is 0.228. The Morgan fingerprint density at radius 3 is 1.49 bits per heavy atom. The van der Waals surface area contributed by atoms with E-state index in [0.29, 0.717) is 0 Å². The fourth-order valence-electron chi connectivity index (χ4n) is 7.22. The van der Waals surface area contributed by atoms with Gasteiger partial charge < -0.3 is 0 Å². The lowest BCUT2D eigenvalue weighted by molar-refractivity contribution is 0.331. The Kier molecular flexibility index (Phi) is 6.52. The molecule has 0 bridgehead atoms. The largest absolute Gasteiger partial charge is 0.140 e. The summed E-state index contributed by atoms with van der Waals surface area (Å²) in [7, 11) is -2.23. The molecular formula is C38H40P+. The number of fused-ring (bicyclic) bond motifs is 1. The fourth-order valence-corrected chi connectivity index (χ4v) is 12.6. The fraction of sp³-hybridized carbons (Fsp3) is 0.263. The van der Waals surface area contributed by atoms with E-state index in [2.05, 4.69) is 161 Å². The first-order valence-electron chi connectivity index (χ1n) is 14.4. The van der Waals surface area contributed by atoms with Gasteiger partial charge in [-0.15, -0.1) is 0 Å². The van der Waals surface area contributed by atoms with Gasteiger partial charge in [0, 0.05) is 12.0 Å². The van der Waals surface area contributed by atoms with E-state index in [9.17, 15) is 0 Å².